The molecule has 0 saturated heterocycles. The average Bonchev–Trinajstić information content (AvgIpc) is 3.00. The molecule has 4 aliphatic rings. The fourth-order valence-corrected chi connectivity index (χ4v) is 9.55. The van der Waals surface area contributed by atoms with Crippen LogP contribution in [0.3, 0.4) is 0 Å². The molecule has 7 atom stereocenters. The summed E-state index contributed by atoms with van der Waals surface area (Å²) in [5.41, 5.74) is 3.94. The topological polar surface area (TPSA) is 0 Å². The van der Waals surface area contributed by atoms with Gasteiger partial charge < -0.3 is 0 Å². The van der Waals surface area contributed by atoms with E-state index in [9.17, 15) is 0 Å². The van der Waals surface area contributed by atoms with Crippen LogP contribution in [-0.4, -0.2) is 0 Å². The zero-order valence-corrected chi connectivity index (χ0v) is 20.6. The van der Waals surface area contributed by atoms with E-state index in [1.807, 2.05) is 5.57 Å². The Bertz CT molecular complexity index is 680. The first-order chi connectivity index (χ1) is 13.6. The first kappa shape index (κ1) is 21.7. The van der Waals surface area contributed by atoms with Crippen LogP contribution < -0.4 is 0 Å². The number of fused-ring (bicyclic) bond motifs is 5. The van der Waals surface area contributed by atoms with Crippen molar-refractivity contribution in [3.63, 3.8) is 0 Å². The van der Waals surface area contributed by atoms with Gasteiger partial charge in [-0.05, 0) is 110 Å². The molecule has 0 nitrogen and oxygen atoms in total. The zero-order valence-electron chi connectivity index (χ0n) is 20.6. The SMILES string of the molecule is C/C=C/CC[C@@H](C)[C@@H]1CC[C@]2(C)C1=CC[C@@H]1[C@@]3(C)CCCC(C)(C)[C@@H]3CC[C@]12C. The predicted octanol–water partition coefficient (Wildman–Crippen LogP) is 8.97. The zero-order chi connectivity index (χ0) is 21.1. The molecule has 0 aromatic rings. The highest BCUT2D eigenvalue weighted by Crippen LogP contribution is 2.74. The molecule has 3 fully saturated rings. The minimum Gasteiger partial charge on any atom is -0.0917 e. The van der Waals surface area contributed by atoms with Crippen molar-refractivity contribution in [1.82, 2.24) is 0 Å². The first-order valence-corrected chi connectivity index (χ1v) is 12.9. The molecule has 0 aromatic carbocycles. The van der Waals surface area contributed by atoms with E-state index in [-0.39, 0.29) is 0 Å². The molecule has 29 heavy (non-hydrogen) atoms. The lowest BCUT2D eigenvalue weighted by Crippen LogP contribution is -2.60. The normalized spacial score (nSPS) is 47.3. The van der Waals surface area contributed by atoms with Gasteiger partial charge in [0.2, 0.25) is 0 Å². The van der Waals surface area contributed by atoms with Crippen LogP contribution in [0.2, 0.25) is 0 Å². The fraction of sp³-hybridized carbons (Fsp3) is 0.862. The molecule has 164 valence electrons. The molecule has 0 heteroatoms. The largest absolute Gasteiger partial charge is 0.0917 e. The highest BCUT2D eigenvalue weighted by molar-refractivity contribution is 5.32. The van der Waals surface area contributed by atoms with Gasteiger partial charge in [0.15, 0.2) is 0 Å². The summed E-state index contributed by atoms with van der Waals surface area (Å²) in [7, 11) is 0. The van der Waals surface area contributed by atoms with Crippen molar-refractivity contribution in [2.45, 2.75) is 113 Å². The smallest absolute Gasteiger partial charge is 0.00566 e. The van der Waals surface area contributed by atoms with Crippen LogP contribution in [0.4, 0.5) is 0 Å². The summed E-state index contributed by atoms with van der Waals surface area (Å²) in [5, 5.41) is 0. The van der Waals surface area contributed by atoms with Gasteiger partial charge in [-0.1, -0.05) is 71.8 Å². The van der Waals surface area contributed by atoms with Crippen LogP contribution in [0, 0.1) is 45.3 Å². The van der Waals surface area contributed by atoms with Gasteiger partial charge in [0.05, 0.1) is 0 Å². The van der Waals surface area contributed by atoms with Gasteiger partial charge in [-0.25, -0.2) is 0 Å². The monoisotopic (exact) mass is 396 g/mol. The van der Waals surface area contributed by atoms with Crippen molar-refractivity contribution >= 4 is 0 Å². The molecule has 0 aromatic heterocycles. The Balaban J connectivity index is 1.65. The molecule has 4 aliphatic carbocycles. The lowest BCUT2D eigenvalue weighted by molar-refractivity contribution is -0.164. The Labute approximate surface area is 182 Å². The molecular weight excluding hydrogens is 348 g/mol. The maximum atomic E-state index is 2.80. The quantitative estimate of drug-likeness (QED) is 0.416. The van der Waals surface area contributed by atoms with Crippen LogP contribution >= 0.6 is 0 Å². The number of hydrogen-bond donors (Lipinski definition) is 0. The van der Waals surface area contributed by atoms with Crippen molar-refractivity contribution in [3.8, 4) is 0 Å². The molecule has 0 amide bonds. The maximum absolute atomic E-state index is 2.80. The Morgan fingerprint density at radius 3 is 2.48 bits per heavy atom. The second kappa shape index (κ2) is 7.27. The molecule has 0 aliphatic heterocycles. The van der Waals surface area contributed by atoms with Crippen LogP contribution in [-0.2, 0) is 0 Å². The van der Waals surface area contributed by atoms with Gasteiger partial charge in [0.1, 0.15) is 0 Å². The second-order valence-corrected chi connectivity index (χ2v) is 12.9. The van der Waals surface area contributed by atoms with Crippen molar-refractivity contribution in [3.05, 3.63) is 23.8 Å². The van der Waals surface area contributed by atoms with Gasteiger partial charge in [-0.2, -0.15) is 0 Å². The van der Waals surface area contributed by atoms with E-state index in [2.05, 4.69) is 66.7 Å². The highest BCUT2D eigenvalue weighted by atomic mass is 14.7. The van der Waals surface area contributed by atoms with E-state index < -0.39 is 0 Å². The van der Waals surface area contributed by atoms with E-state index >= 15 is 0 Å². The summed E-state index contributed by atoms with van der Waals surface area (Å²) < 4.78 is 0. The maximum Gasteiger partial charge on any atom is -0.00566 e. The third kappa shape index (κ3) is 3.05. The third-order valence-corrected chi connectivity index (χ3v) is 11.3. The van der Waals surface area contributed by atoms with Gasteiger partial charge in [-0.3, -0.25) is 0 Å². The van der Waals surface area contributed by atoms with Crippen LogP contribution in [0.25, 0.3) is 0 Å². The average molecular weight is 397 g/mol. The van der Waals surface area contributed by atoms with E-state index in [0.29, 0.717) is 21.7 Å². The summed E-state index contributed by atoms with van der Waals surface area (Å²) in [4.78, 5) is 0. The molecule has 4 rings (SSSR count). The van der Waals surface area contributed by atoms with Crippen molar-refractivity contribution in [2.75, 3.05) is 0 Å². The predicted molar refractivity (Wildman–Crippen MR) is 127 cm³/mol. The lowest BCUT2D eigenvalue weighted by Gasteiger charge is -2.67. The first-order valence-electron chi connectivity index (χ1n) is 12.9. The number of rotatable bonds is 4. The molecule has 0 radical (unpaired) electrons. The molecule has 3 saturated carbocycles. The van der Waals surface area contributed by atoms with E-state index in [1.165, 1.54) is 64.2 Å². The Morgan fingerprint density at radius 2 is 1.76 bits per heavy atom. The Morgan fingerprint density at radius 1 is 1.00 bits per heavy atom. The van der Waals surface area contributed by atoms with Crippen molar-refractivity contribution in [1.29, 1.82) is 0 Å². The van der Waals surface area contributed by atoms with Crippen molar-refractivity contribution < 1.29 is 0 Å². The van der Waals surface area contributed by atoms with Gasteiger partial charge in [0.25, 0.3) is 0 Å². The van der Waals surface area contributed by atoms with Gasteiger partial charge in [0, 0.05) is 0 Å². The van der Waals surface area contributed by atoms with Crippen LogP contribution in [0.15, 0.2) is 23.8 Å². The van der Waals surface area contributed by atoms with E-state index in [1.54, 1.807) is 0 Å². The summed E-state index contributed by atoms with van der Waals surface area (Å²) in [5.74, 6) is 3.49. The summed E-state index contributed by atoms with van der Waals surface area (Å²) in [6, 6.07) is 0. The van der Waals surface area contributed by atoms with E-state index in [4.69, 9.17) is 0 Å². The number of allylic oxidation sites excluding steroid dienone is 4. The van der Waals surface area contributed by atoms with Gasteiger partial charge >= 0.3 is 0 Å². The number of hydrogen-bond acceptors (Lipinski definition) is 0. The lowest BCUT2D eigenvalue weighted by atomic mass is 9.37. The molecule has 0 bridgehead atoms. The molecular formula is C29H48. The summed E-state index contributed by atoms with van der Waals surface area (Å²) in [6.45, 7) is 18.0. The van der Waals surface area contributed by atoms with Crippen LogP contribution in [0.5, 0.6) is 0 Å². The second-order valence-electron chi connectivity index (χ2n) is 12.9. The Hall–Kier alpha value is -0.520. The van der Waals surface area contributed by atoms with Gasteiger partial charge in [-0.15, -0.1) is 0 Å². The molecule has 0 unspecified atom stereocenters. The minimum atomic E-state index is 0.449. The van der Waals surface area contributed by atoms with Crippen LogP contribution in [0.1, 0.15) is 113 Å². The molecule has 0 N–H and O–H groups in total. The third-order valence-electron chi connectivity index (χ3n) is 11.3. The van der Waals surface area contributed by atoms with Crippen molar-refractivity contribution in [2.24, 2.45) is 45.3 Å². The summed E-state index contributed by atoms with van der Waals surface area (Å²) in [6.07, 6.45) is 21.6. The molecule has 0 heterocycles. The minimum absolute atomic E-state index is 0.449. The fourth-order valence-electron chi connectivity index (χ4n) is 9.55. The van der Waals surface area contributed by atoms with E-state index in [0.717, 1.165) is 23.7 Å². The molecule has 0 spiro atoms. The Kier molecular flexibility index (Phi) is 5.44. The highest BCUT2D eigenvalue weighted by Gasteiger charge is 2.65. The standard InChI is InChI=1S/C29H48/c1-8-9-10-12-21(2)22-15-19-28(6)23(22)13-14-25-27(5)18-11-17-26(3,4)24(27)16-20-29(25,28)7/h8-9,13,21-22,24-25H,10-12,14-20H2,1-7H3/b9-8+/t21-,22+,24+,25-,27+,28-,29-/m1/s1. The summed E-state index contributed by atoms with van der Waals surface area (Å²) >= 11 is 0.